The molecule has 0 amide bonds. The van der Waals surface area contributed by atoms with Gasteiger partial charge in [-0.25, -0.2) is 9.97 Å². The average Bonchev–Trinajstić information content (AvgIpc) is 2.89. The van der Waals surface area contributed by atoms with Crippen molar-refractivity contribution >= 4 is 18.5 Å². The largest absolute Gasteiger partial charge is 0.491 e. The number of anilines is 1. The summed E-state index contributed by atoms with van der Waals surface area (Å²) >= 11 is 0. The lowest BCUT2D eigenvalue weighted by molar-refractivity contribution is 0.425. The molecule has 1 aromatic heterocycles. The van der Waals surface area contributed by atoms with Gasteiger partial charge in [-0.2, -0.15) is 0 Å². The molecule has 0 radical (unpaired) electrons. The van der Waals surface area contributed by atoms with Crippen molar-refractivity contribution in [3.63, 3.8) is 0 Å². The van der Waals surface area contributed by atoms with Crippen molar-refractivity contribution in [2.75, 3.05) is 5.32 Å². The van der Waals surface area contributed by atoms with Gasteiger partial charge in [-0.3, -0.25) is 0 Å². The topological polar surface area (TPSA) is 78.3 Å². The first kappa shape index (κ1) is 8.46. The number of aromatic nitrogens is 2. The fourth-order valence-corrected chi connectivity index (χ4v) is 0.956. The van der Waals surface area contributed by atoms with Crippen molar-refractivity contribution in [1.82, 2.24) is 9.97 Å². The molecule has 0 unspecified atom stereocenters. The number of nitrogens with zero attached hydrogens (tertiary/aromatic N) is 2. The molecule has 68 valence electrons. The van der Waals surface area contributed by atoms with Crippen LogP contribution in [0.1, 0.15) is 12.8 Å². The second-order valence-corrected chi connectivity index (χ2v) is 3.13. The van der Waals surface area contributed by atoms with Crippen LogP contribution in [0.3, 0.4) is 0 Å². The van der Waals surface area contributed by atoms with Gasteiger partial charge in [0.1, 0.15) is 0 Å². The Labute approximate surface area is 76.0 Å². The Morgan fingerprint density at radius 1 is 1.31 bits per heavy atom. The summed E-state index contributed by atoms with van der Waals surface area (Å²) in [6.45, 7) is 0. The van der Waals surface area contributed by atoms with Crippen LogP contribution in [0.5, 0.6) is 0 Å². The molecule has 0 bridgehead atoms. The Hall–Kier alpha value is -1.14. The zero-order valence-electron chi connectivity index (χ0n) is 7.01. The highest BCUT2D eigenvalue weighted by molar-refractivity contribution is 6.58. The van der Waals surface area contributed by atoms with Gasteiger partial charge in [0.15, 0.2) is 0 Å². The molecule has 3 N–H and O–H groups in total. The first-order valence-corrected chi connectivity index (χ1v) is 4.20. The third-order valence-electron chi connectivity index (χ3n) is 1.88. The van der Waals surface area contributed by atoms with E-state index in [2.05, 4.69) is 15.3 Å². The minimum Gasteiger partial charge on any atom is -0.423 e. The predicted molar refractivity (Wildman–Crippen MR) is 48.5 cm³/mol. The van der Waals surface area contributed by atoms with E-state index in [1.54, 1.807) is 0 Å². The number of nitrogens with one attached hydrogen (secondary N) is 1. The van der Waals surface area contributed by atoms with E-state index >= 15 is 0 Å². The maximum absolute atomic E-state index is 8.76. The molecule has 2 rings (SSSR count). The predicted octanol–water partition coefficient (Wildman–Crippen LogP) is -1.27. The summed E-state index contributed by atoms with van der Waals surface area (Å²) < 4.78 is 0. The van der Waals surface area contributed by atoms with Gasteiger partial charge in [-0.05, 0) is 12.8 Å². The second kappa shape index (κ2) is 3.31. The lowest BCUT2D eigenvalue weighted by atomic mass is 9.83. The van der Waals surface area contributed by atoms with Crippen LogP contribution in [0.4, 0.5) is 5.95 Å². The van der Waals surface area contributed by atoms with E-state index in [1.807, 2.05) is 0 Å². The molecule has 0 spiro atoms. The Morgan fingerprint density at radius 3 is 2.38 bits per heavy atom. The summed E-state index contributed by atoms with van der Waals surface area (Å²) in [5.41, 5.74) is 0.307. The fourth-order valence-electron chi connectivity index (χ4n) is 0.956. The van der Waals surface area contributed by atoms with Crippen molar-refractivity contribution in [2.45, 2.75) is 18.9 Å². The maximum atomic E-state index is 8.76. The van der Waals surface area contributed by atoms with Crippen molar-refractivity contribution < 1.29 is 10.0 Å². The highest BCUT2D eigenvalue weighted by Gasteiger charge is 2.22. The van der Waals surface area contributed by atoms with Crippen LogP contribution in [-0.2, 0) is 0 Å². The van der Waals surface area contributed by atoms with Crippen molar-refractivity contribution in [3.8, 4) is 0 Å². The fraction of sp³-hybridized carbons (Fsp3) is 0.429. The monoisotopic (exact) mass is 179 g/mol. The molecular weight excluding hydrogens is 169 g/mol. The van der Waals surface area contributed by atoms with E-state index in [0.717, 1.165) is 12.8 Å². The summed E-state index contributed by atoms with van der Waals surface area (Å²) in [5, 5.41) is 20.6. The highest BCUT2D eigenvalue weighted by Crippen LogP contribution is 2.22. The van der Waals surface area contributed by atoms with Crippen LogP contribution in [0.25, 0.3) is 0 Å². The molecule has 1 aliphatic carbocycles. The zero-order valence-corrected chi connectivity index (χ0v) is 7.01. The van der Waals surface area contributed by atoms with E-state index in [-0.39, 0.29) is 0 Å². The first-order chi connectivity index (χ1) is 6.25. The van der Waals surface area contributed by atoms with Gasteiger partial charge in [0.25, 0.3) is 0 Å². The zero-order chi connectivity index (χ0) is 9.26. The van der Waals surface area contributed by atoms with Gasteiger partial charge in [-0.15, -0.1) is 0 Å². The summed E-state index contributed by atoms with van der Waals surface area (Å²) in [4.78, 5) is 7.88. The third kappa shape index (κ3) is 2.16. The maximum Gasteiger partial charge on any atom is 0.491 e. The van der Waals surface area contributed by atoms with Crippen LogP contribution in [-0.4, -0.2) is 33.2 Å². The molecule has 13 heavy (non-hydrogen) atoms. The Kier molecular flexibility index (Phi) is 2.16. The Bertz CT molecular complexity index is 286. The summed E-state index contributed by atoms with van der Waals surface area (Å²) in [6, 6.07) is 0.505. The van der Waals surface area contributed by atoms with Gasteiger partial charge < -0.3 is 15.4 Å². The van der Waals surface area contributed by atoms with E-state index in [1.165, 1.54) is 12.4 Å². The molecule has 6 heteroatoms. The van der Waals surface area contributed by atoms with E-state index in [0.29, 0.717) is 17.5 Å². The number of hydrogen-bond acceptors (Lipinski definition) is 5. The average molecular weight is 179 g/mol. The molecule has 0 aromatic carbocycles. The summed E-state index contributed by atoms with van der Waals surface area (Å²) in [6.07, 6.45) is 5.13. The minimum atomic E-state index is -1.49. The smallest absolute Gasteiger partial charge is 0.423 e. The molecule has 0 atom stereocenters. The normalized spacial score (nSPS) is 15.5. The van der Waals surface area contributed by atoms with E-state index in [9.17, 15) is 0 Å². The molecule has 1 aliphatic rings. The van der Waals surface area contributed by atoms with Crippen molar-refractivity contribution in [2.24, 2.45) is 0 Å². The molecule has 1 heterocycles. The lowest BCUT2D eigenvalue weighted by Gasteiger charge is -2.02. The van der Waals surface area contributed by atoms with Gasteiger partial charge in [0, 0.05) is 23.9 Å². The first-order valence-electron chi connectivity index (χ1n) is 4.20. The van der Waals surface area contributed by atoms with Crippen molar-refractivity contribution in [1.29, 1.82) is 0 Å². The molecule has 0 aliphatic heterocycles. The van der Waals surface area contributed by atoms with E-state index in [4.69, 9.17) is 10.0 Å². The second-order valence-electron chi connectivity index (χ2n) is 3.13. The van der Waals surface area contributed by atoms with Crippen LogP contribution >= 0.6 is 0 Å². The minimum absolute atomic E-state index is 0.307. The highest BCUT2D eigenvalue weighted by atomic mass is 16.4. The van der Waals surface area contributed by atoms with Crippen LogP contribution in [0, 0.1) is 0 Å². The van der Waals surface area contributed by atoms with Crippen molar-refractivity contribution in [3.05, 3.63) is 12.4 Å². The molecule has 1 fully saturated rings. The molecular formula is C7H10BN3O2. The molecule has 0 saturated heterocycles. The Morgan fingerprint density at radius 2 is 1.92 bits per heavy atom. The van der Waals surface area contributed by atoms with E-state index < -0.39 is 7.12 Å². The number of hydrogen-bond donors (Lipinski definition) is 3. The summed E-state index contributed by atoms with van der Waals surface area (Å²) in [7, 11) is -1.49. The lowest BCUT2D eigenvalue weighted by Crippen LogP contribution is -2.30. The number of rotatable bonds is 3. The van der Waals surface area contributed by atoms with Crippen LogP contribution in [0.2, 0.25) is 0 Å². The SMILES string of the molecule is OB(O)c1cnc(NC2CC2)nc1. The van der Waals surface area contributed by atoms with Gasteiger partial charge in [0.05, 0.1) is 0 Å². The standard InChI is InChI=1S/C7H10BN3O2/c12-8(13)5-3-9-7(10-4-5)11-6-1-2-6/h3-4,6,12-13H,1-2H2,(H,9,10,11). The van der Waals surface area contributed by atoms with Gasteiger partial charge >= 0.3 is 7.12 Å². The molecule has 1 aromatic rings. The third-order valence-corrected chi connectivity index (χ3v) is 1.88. The van der Waals surface area contributed by atoms with Gasteiger partial charge in [-0.1, -0.05) is 0 Å². The van der Waals surface area contributed by atoms with Gasteiger partial charge in [0.2, 0.25) is 5.95 Å². The van der Waals surface area contributed by atoms with Crippen LogP contribution < -0.4 is 10.8 Å². The molecule has 5 nitrogen and oxygen atoms in total. The van der Waals surface area contributed by atoms with Crippen LogP contribution in [0.15, 0.2) is 12.4 Å². The summed E-state index contributed by atoms with van der Waals surface area (Å²) in [5.74, 6) is 0.548. The molecule has 1 saturated carbocycles. The Balaban J connectivity index is 2.04. The quantitative estimate of drug-likeness (QED) is 0.504.